The van der Waals surface area contributed by atoms with E-state index < -0.39 is 20.2 Å². The van der Waals surface area contributed by atoms with E-state index in [-0.39, 0.29) is 13.2 Å². The first-order chi connectivity index (χ1) is 8.41. The Morgan fingerprint density at radius 1 is 0.789 bits per heavy atom. The molecule has 0 aliphatic carbocycles. The lowest BCUT2D eigenvalue weighted by Crippen LogP contribution is -2.18. The molecule has 0 bridgehead atoms. The highest BCUT2D eigenvalue weighted by Crippen LogP contribution is 1.74. The third-order valence-corrected chi connectivity index (χ3v) is 1.02. The molecule has 0 heterocycles. The minimum atomic E-state index is -3.67. The molecule has 0 saturated carbocycles. The van der Waals surface area contributed by atoms with Crippen LogP contribution in [0.3, 0.4) is 0 Å². The average molecular weight is 325 g/mol. The van der Waals surface area contributed by atoms with E-state index in [2.05, 4.69) is 5.32 Å². The summed E-state index contributed by atoms with van der Waals surface area (Å²) in [5, 5.41) is 19.7. The number of hydrogen-bond donors (Lipinski definition) is 5. The van der Waals surface area contributed by atoms with E-state index in [1.807, 2.05) is 0 Å². The Bertz CT molecular complexity index is 312. The van der Waals surface area contributed by atoms with Crippen molar-refractivity contribution in [3.8, 4) is 0 Å². The molecule has 0 fully saturated rings. The van der Waals surface area contributed by atoms with Crippen molar-refractivity contribution in [3.05, 3.63) is 0 Å². The molecule has 9 nitrogen and oxygen atoms in total. The van der Waals surface area contributed by atoms with Crippen molar-refractivity contribution in [2.75, 3.05) is 38.8 Å². The maximum Gasteiger partial charge on any atom is 0.261 e. The third kappa shape index (κ3) is 134. The molecule has 0 rings (SSSR count). The average Bonchev–Trinajstić information content (AvgIpc) is 2.12. The van der Waals surface area contributed by atoms with Gasteiger partial charge in [0.15, 0.2) is 0 Å². The summed E-state index contributed by atoms with van der Waals surface area (Å²) in [6.45, 7) is 2.17. The summed E-state index contributed by atoms with van der Waals surface area (Å²) in [4.78, 5) is 0. The summed E-state index contributed by atoms with van der Waals surface area (Å²) in [7, 11) is -7.33. The number of aliphatic hydroxyl groups is 2. The molecule has 0 unspecified atom stereocenters. The van der Waals surface area contributed by atoms with Gasteiger partial charge in [-0.3, -0.25) is 9.11 Å². The second-order valence-electron chi connectivity index (χ2n) is 3.37. The van der Waals surface area contributed by atoms with Crippen LogP contribution in [0.15, 0.2) is 0 Å². The van der Waals surface area contributed by atoms with Gasteiger partial charge in [-0.2, -0.15) is 16.8 Å². The van der Waals surface area contributed by atoms with Crippen LogP contribution in [0.5, 0.6) is 0 Å². The maximum absolute atomic E-state index is 9.19. The largest absolute Gasteiger partial charge is 0.396 e. The fourth-order valence-corrected chi connectivity index (χ4v) is 0.533. The van der Waals surface area contributed by atoms with Crippen molar-refractivity contribution in [1.82, 2.24) is 5.32 Å². The minimum Gasteiger partial charge on any atom is -0.396 e. The second kappa shape index (κ2) is 14.1. The van der Waals surface area contributed by atoms with E-state index in [9.17, 15) is 16.8 Å². The molecule has 0 atom stereocenters. The molecular formula is C8H23NO8S2. The van der Waals surface area contributed by atoms with Gasteiger partial charge >= 0.3 is 0 Å². The summed E-state index contributed by atoms with van der Waals surface area (Å²) in [6, 6.07) is 0. The Labute approximate surface area is 114 Å². The van der Waals surface area contributed by atoms with Crippen molar-refractivity contribution in [2.24, 2.45) is 0 Å². The predicted molar refractivity (Wildman–Crippen MR) is 71.2 cm³/mol. The molecule has 120 valence electrons. The van der Waals surface area contributed by atoms with Crippen LogP contribution < -0.4 is 5.32 Å². The lowest BCUT2D eigenvalue weighted by molar-refractivity contribution is 0.276. The lowest BCUT2D eigenvalue weighted by atomic mass is 10.4. The van der Waals surface area contributed by atoms with Crippen LogP contribution in [0.1, 0.15) is 12.8 Å². The van der Waals surface area contributed by atoms with Gasteiger partial charge in [0.2, 0.25) is 0 Å². The molecule has 0 spiro atoms. The monoisotopic (exact) mass is 325 g/mol. The van der Waals surface area contributed by atoms with Crippen LogP contribution in [0.4, 0.5) is 0 Å². The second-order valence-corrected chi connectivity index (χ2v) is 6.30. The molecule has 0 aliphatic heterocycles. The van der Waals surface area contributed by atoms with Crippen LogP contribution in [-0.2, 0) is 20.2 Å². The molecule has 0 aromatic rings. The number of nitrogens with one attached hydrogen (secondary N) is 1. The van der Waals surface area contributed by atoms with Gasteiger partial charge in [0.05, 0.1) is 12.5 Å². The van der Waals surface area contributed by atoms with Gasteiger partial charge in [0, 0.05) is 13.2 Å². The van der Waals surface area contributed by atoms with Crippen LogP contribution in [0.2, 0.25) is 0 Å². The van der Waals surface area contributed by atoms with E-state index in [0.29, 0.717) is 12.5 Å². The van der Waals surface area contributed by atoms with Crippen molar-refractivity contribution < 1.29 is 36.2 Å². The van der Waals surface area contributed by atoms with Gasteiger partial charge in [-0.05, 0) is 25.9 Å². The standard InChI is InChI=1S/C6H15NO2.2CH4O3S/c8-5-1-3-7-4-2-6-9;2*1-5(2,3)4/h7-9H,1-6H2;2*1H3,(H,2,3,4). The van der Waals surface area contributed by atoms with Crippen LogP contribution >= 0.6 is 0 Å². The first kappa shape index (κ1) is 23.8. The van der Waals surface area contributed by atoms with Crippen LogP contribution in [-0.4, -0.2) is 75.0 Å². The molecule has 0 aromatic carbocycles. The minimum absolute atomic E-state index is 0.242. The fraction of sp³-hybridized carbons (Fsp3) is 1.00. The van der Waals surface area contributed by atoms with Crippen molar-refractivity contribution >= 4 is 20.2 Å². The van der Waals surface area contributed by atoms with Crippen molar-refractivity contribution in [2.45, 2.75) is 12.8 Å². The van der Waals surface area contributed by atoms with Gasteiger partial charge in [-0.1, -0.05) is 0 Å². The molecule has 0 radical (unpaired) electrons. The Hall–Kier alpha value is -0.300. The third-order valence-electron chi connectivity index (χ3n) is 1.02. The summed E-state index contributed by atoms with van der Waals surface area (Å²) >= 11 is 0. The zero-order chi connectivity index (χ0) is 15.9. The lowest BCUT2D eigenvalue weighted by Gasteiger charge is -1.99. The molecule has 0 aliphatic rings. The molecule has 19 heavy (non-hydrogen) atoms. The Balaban J connectivity index is -0.000000219. The normalized spacial score (nSPS) is 10.8. The van der Waals surface area contributed by atoms with Gasteiger partial charge < -0.3 is 15.5 Å². The summed E-state index contributed by atoms with van der Waals surface area (Å²) in [5.74, 6) is 0. The van der Waals surface area contributed by atoms with E-state index >= 15 is 0 Å². The van der Waals surface area contributed by atoms with Crippen molar-refractivity contribution in [1.29, 1.82) is 0 Å². The summed E-state index contributed by atoms with van der Waals surface area (Å²) in [5.41, 5.74) is 0. The Kier molecular flexibility index (Phi) is 17.7. The number of hydrogen-bond acceptors (Lipinski definition) is 7. The molecular weight excluding hydrogens is 302 g/mol. The zero-order valence-electron chi connectivity index (χ0n) is 11.0. The van der Waals surface area contributed by atoms with Gasteiger partial charge in [-0.15, -0.1) is 0 Å². The number of aliphatic hydroxyl groups excluding tert-OH is 2. The van der Waals surface area contributed by atoms with E-state index in [0.717, 1.165) is 25.9 Å². The van der Waals surface area contributed by atoms with Crippen LogP contribution in [0.25, 0.3) is 0 Å². The van der Waals surface area contributed by atoms with Gasteiger partial charge in [-0.25, -0.2) is 0 Å². The summed E-state index contributed by atoms with van der Waals surface area (Å²) in [6.07, 6.45) is 3.02. The number of rotatable bonds is 6. The first-order valence-corrected chi connectivity index (χ1v) is 8.88. The fourth-order valence-electron chi connectivity index (χ4n) is 0.533. The topological polar surface area (TPSA) is 161 Å². The maximum atomic E-state index is 9.19. The molecule has 11 heteroatoms. The molecule has 0 aromatic heterocycles. The predicted octanol–water partition coefficient (Wildman–Crippen LogP) is -1.65. The Morgan fingerprint density at radius 2 is 1.00 bits per heavy atom. The van der Waals surface area contributed by atoms with E-state index in [1.54, 1.807) is 0 Å². The van der Waals surface area contributed by atoms with Crippen molar-refractivity contribution in [3.63, 3.8) is 0 Å². The Morgan fingerprint density at radius 3 is 1.16 bits per heavy atom. The summed E-state index contributed by atoms with van der Waals surface area (Å²) < 4.78 is 51.7. The van der Waals surface area contributed by atoms with Gasteiger partial charge in [0.1, 0.15) is 0 Å². The highest BCUT2D eigenvalue weighted by molar-refractivity contribution is 7.85. The molecule has 5 N–H and O–H groups in total. The van der Waals surface area contributed by atoms with Crippen LogP contribution in [0, 0.1) is 0 Å². The first-order valence-electron chi connectivity index (χ1n) is 5.19. The molecule has 0 amide bonds. The smallest absolute Gasteiger partial charge is 0.261 e. The zero-order valence-corrected chi connectivity index (χ0v) is 12.6. The molecule has 0 saturated heterocycles. The highest BCUT2D eigenvalue weighted by atomic mass is 32.2. The van der Waals surface area contributed by atoms with E-state index in [4.69, 9.17) is 19.3 Å². The highest BCUT2D eigenvalue weighted by Gasteiger charge is 1.84. The van der Waals surface area contributed by atoms with E-state index in [1.165, 1.54) is 0 Å². The quantitative estimate of drug-likeness (QED) is 0.284. The SMILES string of the molecule is CS(=O)(=O)O.CS(=O)(=O)O.OCCCNCCCO. The van der Waals surface area contributed by atoms with Gasteiger partial charge in [0.25, 0.3) is 20.2 Å².